The molecule has 0 bridgehead atoms. The fourth-order valence-corrected chi connectivity index (χ4v) is 2.80. The number of halogens is 2. The largest absolute Gasteiger partial charge is 0.467 e. The number of amides is 1. The third kappa shape index (κ3) is 4.72. The molecular weight excluding hydrogens is 363 g/mol. The minimum atomic E-state index is -0.919. The molecule has 7 heteroatoms. The number of carbonyl (C=O) groups excluding carboxylic acids is 2. The van der Waals surface area contributed by atoms with Gasteiger partial charge in [-0.3, -0.25) is 4.79 Å². The van der Waals surface area contributed by atoms with E-state index in [2.05, 4.69) is 5.32 Å². The first-order chi connectivity index (χ1) is 12.0. The van der Waals surface area contributed by atoms with Gasteiger partial charge in [-0.05, 0) is 29.8 Å². The molecule has 2 aromatic carbocycles. The van der Waals surface area contributed by atoms with E-state index < -0.39 is 17.9 Å². The van der Waals surface area contributed by atoms with Gasteiger partial charge in [0.05, 0.1) is 34.4 Å². The van der Waals surface area contributed by atoms with Gasteiger partial charge in [0, 0.05) is 6.42 Å². The van der Waals surface area contributed by atoms with Crippen LogP contribution in [0.15, 0.2) is 42.5 Å². The second kappa shape index (κ2) is 8.52. The zero-order valence-electron chi connectivity index (χ0n) is 13.3. The minimum absolute atomic E-state index is 0.0968. The first-order valence-corrected chi connectivity index (χ1v) is 8.03. The summed E-state index contributed by atoms with van der Waals surface area (Å²) < 4.78 is 4.75. The summed E-state index contributed by atoms with van der Waals surface area (Å²) in [5.74, 6) is -1.17. The van der Waals surface area contributed by atoms with E-state index in [1.165, 1.54) is 19.2 Å². The topological polar surface area (TPSA) is 79.2 Å². The summed E-state index contributed by atoms with van der Waals surface area (Å²) in [7, 11) is 1.24. The van der Waals surface area contributed by atoms with Gasteiger partial charge in [-0.25, -0.2) is 4.79 Å². The number of nitrogens with zero attached hydrogens (tertiary/aromatic N) is 1. The van der Waals surface area contributed by atoms with Crippen molar-refractivity contribution in [2.45, 2.75) is 12.5 Å². The van der Waals surface area contributed by atoms with Crippen molar-refractivity contribution >= 4 is 35.1 Å². The quantitative estimate of drug-likeness (QED) is 0.811. The molecule has 128 valence electrons. The molecule has 0 aliphatic rings. The maximum atomic E-state index is 12.5. The maximum Gasteiger partial charge on any atom is 0.328 e. The Bertz CT molecular complexity index is 809. The van der Waals surface area contributed by atoms with Gasteiger partial charge in [0.2, 0.25) is 0 Å². The van der Waals surface area contributed by atoms with E-state index in [1.807, 2.05) is 6.07 Å². The van der Waals surface area contributed by atoms with Crippen LogP contribution < -0.4 is 5.32 Å². The summed E-state index contributed by atoms with van der Waals surface area (Å²) in [4.78, 5) is 24.5. The zero-order chi connectivity index (χ0) is 18.4. The molecule has 0 aliphatic heterocycles. The van der Waals surface area contributed by atoms with E-state index in [4.69, 9.17) is 33.2 Å². The number of methoxy groups -OCH3 is 1. The van der Waals surface area contributed by atoms with Crippen molar-refractivity contribution in [1.82, 2.24) is 5.32 Å². The van der Waals surface area contributed by atoms with E-state index in [9.17, 15) is 9.59 Å². The predicted octanol–water partition coefficient (Wildman–Crippen LogP) is 3.38. The molecule has 0 heterocycles. The summed E-state index contributed by atoms with van der Waals surface area (Å²) in [6.07, 6.45) is 0.201. The second-order valence-electron chi connectivity index (χ2n) is 5.16. The van der Waals surface area contributed by atoms with E-state index in [1.54, 1.807) is 30.3 Å². The molecule has 5 nitrogen and oxygen atoms in total. The van der Waals surface area contributed by atoms with Crippen molar-refractivity contribution in [2.75, 3.05) is 7.11 Å². The molecule has 0 saturated carbocycles. The van der Waals surface area contributed by atoms with Crippen molar-refractivity contribution in [3.63, 3.8) is 0 Å². The summed E-state index contributed by atoms with van der Waals surface area (Å²) in [6, 6.07) is 12.5. The molecule has 0 unspecified atom stereocenters. The Morgan fingerprint density at radius 3 is 2.28 bits per heavy atom. The van der Waals surface area contributed by atoms with E-state index in [-0.39, 0.29) is 22.0 Å². The number of nitriles is 1. The SMILES string of the molecule is COC(=O)[C@H](Cc1ccc(C#N)cc1)NC(=O)c1c(Cl)cccc1Cl. The predicted molar refractivity (Wildman–Crippen MR) is 94.6 cm³/mol. The highest BCUT2D eigenvalue weighted by atomic mass is 35.5. The minimum Gasteiger partial charge on any atom is -0.467 e. The summed E-state index contributed by atoms with van der Waals surface area (Å²) in [5.41, 5.74) is 1.37. The number of benzene rings is 2. The van der Waals surface area contributed by atoms with Crippen molar-refractivity contribution in [3.05, 3.63) is 69.2 Å². The fourth-order valence-electron chi connectivity index (χ4n) is 2.23. The summed E-state index contributed by atoms with van der Waals surface area (Å²) >= 11 is 12.0. The molecular formula is C18H14Cl2N2O3. The molecule has 1 N–H and O–H groups in total. The van der Waals surface area contributed by atoms with Crippen molar-refractivity contribution < 1.29 is 14.3 Å². The van der Waals surface area contributed by atoms with Crippen LogP contribution in [0.5, 0.6) is 0 Å². The summed E-state index contributed by atoms with van der Waals surface area (Å²) in [6.45, 7) is 0. The van der Waals surface area contributed by atoms with Gasteiger partial charge in [0.1, 0.15) is 6.04 Å². The van der Waals surface area contributed by atoms with Gasteiger partial charge < -0.3 is 10.1 Å². The van der Waals surface area contributed by atoms with Crippen molar-refractivity contribution in [1.29, 1.82) is 5.26 Å². The van der Waals surface area contributed by atoms with Crippen LogP contribution in [0.25, 0.3) is 0 Å². The van der Waals surface area contributed by atoms with Crippen molar-refractivity contribution in [2.24, 2.45) is 0 Å². The number of esters is 1. The van der Waals surface area contributed by atoms with Crippen LogP contribution in [0.4, 0.5) is 0 Å². The Morgan fingerprint density at radius 2 is 1.76 bits per heavy atom. The monoisotopic (exact) mass is 376 g/mol. The summed E-state index contributed by atoms with van der Waals surface area (Å²) in [5, 5.41) is 11.8. The van der Waals surface area contributed by atoms with Gasteiger partial charge in [0.15, 0.2) is 0 Å². The standard InChI is InChI=1S/C18H14Cl2N2O3/c1-25-18(24)15(9-11-5-7-12(10-21)8-6-11)22-17(23)16-13(19)3-2-4-14(16)20/h2-8,15H,9H2,1H3,(H,22,23)/t15-/m0/s1. The van der Waals surface area contributed by atoms with E-state index in [0.717, 1.165) is 5.56 Å². The highest BCUT2D eigenvalue weighted by molar-refractivity contribution is 6.39. The van der Waals surface area contributed by atoms with Gasteiger partial charge in [-0.1, -0.05) is 41.4 Å². The number of hydrogen-bond donors (Lipinski definition) is 1. The molecule has 0 aliphatic carbocycles. The maximum absolute atomic E-state index is 12.5. The first-order valence-electron chi connectivity index (χ1n) is 7.28. The molecule has 0 spiro atoms. The third-order valence-corrected chi connectivity index (χ3v) is 4.13. The van der Waals surface area contributed by atoms with E-state index >= 15 is 0 Å². The Kier molecular flexibility index (Phi) is 6.40. The molecule has 0 aromatic heterocycles. The van der Waals surface area contributed by atoms with Gasteiger partial charge in [-0.15, -0.1) is 0 Å². The van der Waals surface area contributed by atoms with Crippen molar-refractivity contribution in [3.8, 4) is 6.07 Å². The number of nitrogens with one attached hydrogen (secondary N) is 1. The molecule has 1 amide bonds. The first kappa shape index (κ1) is 18.8. The Morgan fingerprint density at radius 1 is 1.16 bits per heavy atom. The molecule has 0 saturated heterocycles. The average molecular weight is 377 g/mol. The Labute approximate surface area is 155 Å². The Balaban J connectivity index is 2.21. The van der Waals surface area contributed by atoms with Crippen LogP contribution in [-0.4, -0.2) is 25.0 Å². The normalized spacial score (nSPS) is 11.3. The number of hydrogen-bond acceptors (Lipinski definition) is 4. The lowest BCUT2D eigenvalue weighted by Crippen LogP contribution is -2.43. The van der Waals surface area contributed by atoms with Gasteiger partial charge >= 0.3 is 5.97 Å². The van der Waals surface area contributed by atoms with Gasteiger partial charge in [-0.2, -0.15) is 5.26 Å². The lowest BCUT2D eigenvalue weighted by molar-refractivity contribution is -0.142. The molecule has 1 atom stereocenters. The van der Waals surface area contributed by atoms with Gasteiger partial charge in [0.25, 0.3) is 5.91 Å². The highest BCUT2D eigenvalue weighted by Gasteiger charge is 2.24. The number of carbonyl (C=O) groups is 2. The van der Waals surface area contributed by atoms with Crippen LogP contribution >= 0.6 is 23.2 Å². The molecule has 2 aromatic rings. The molecule has 25 heavy (non-hydrogen) atoms. The molecule has 0 fully saturated rings. The van der Waals surface area contributed by atoms with Crippen LogP contribution in [0.3, 0.4) is 0 Å². The van der Waals surface area contributed by atoms with Crippen LogP contribution in [-0.2, 0) is 16.0 Å². The smallest absolute Gasteiger partial charge is 0.328 e. The second-order valence-corrected chi connectivity index (χ2v) is 5.97. The lowest BCUT2D eigenvalue weighted by Gasteiger charge is -2.17. The Hall–Kier alpha value is -2.55. The van der Waals surface area contributed by atoms with E-state index in [0.29, 0.717) is 5.56 Å². The van der Waals surface area contributed by atoms with Crippen LogP contribution in [0.2, 0.25) is 10.0 Å². The molecule has 0 radical (unpaired) electrons. The number of ether oxygens (including phenoxy) is 1. The molecule has 2 rings (SSSR count). The highest BCUT2D eigenvalue weighted by Crippen LogP contribution is 2.24. The lowest BCUT2D eigenvalue weighted by atomic mass is 10.0. The third-order valence-electron chi connectivity index (χ3n) is 3.50. The van der Waals surface area contributed by atoms with Crippen LogP contribution in [0.1, 0.15) is 21.5 Å². The fraction of sp³-hybridized carbons (Fsp3) is 0.167. The van der Waals surface area contributed by atoms with Crippen LogP contribution in [0, 0.1) is 11.3 Å². The zero-order valence-corrected chi connectivity index (χ0v) is 14.8. The number of rotatable bonds is 5. The average Bonchev–Trinajstić information content (AvgIpc) is 2.61.